The Labute approximate surface area is 117 Å². The van der Waals surface area contributed by atoms with Gasteiger partial charge in [0.15, 0.2) is 0 Å². The maximum atomic E-state index is 5.72. The number of nitrogens with zero attached hydrogens (tertiary/aromatic N) is 2. The van der Waals surface area contributed by atoms with E-state index in [1.807, 2.05) is 0 Å². The lowest BCUT2D eigenvalue weighted by Crippen LogP contribution is -2.35. The van der Waals surface area contributed by atoms with Crippen molar-refractivity contribution in [1.29, 1.82) is 0 Å². The zero-order valence-electron chi connectivity index (χ0n) is 12.5. The number of anilines is 1. The molecule has 3 heteroatoms. The Morgan fingerprint density at radius 3 is 2.58 bits per heavy atom. The standard InChI is InChI=1S/C16H27N3/c1-13-10-16(5-4-15(13)11-17)19(3)12-14-6-8-18(2)9-7-14/h4-5,10,14H,6-9,11-12,17H2,1-3H3. The lowest BCUT2D eigenvalue weighted by molar-refractivity contribution is 0.222. The van der Waals surface area contributed by atoms with Crippen LogP contribution in [0.15, 0.2) is 18.2 Å². The number of benzene rings is 1. The van der Waals surface area contributed by atoms with E-state index in [-0.39, 0.29) is 0 Å². The molecule has 2 N–H and O–H groups in total. The predicted octanol–water partition coefficient (Wildman–Crippen LogP) is 2.23. The third-order valence-corrected chi connectivity index (χ3v) is 4.36. The van der Waals surface area contributed by atoms with Gasteiger partial charge in [-0.1, -0.05) is 6.07 Å². The highest BCUT2D eigenvalue weighted by molar-refractivity contribution is 5.50. The van der Waals surface area contributed by atoms with Crippen LogP contribution in [-0.2, 0) is 6.54 Å². The average Bonchev–Trinajstić information content (AvgIpc) is 2.41. The predicted molar refractivity (Wildman–Crippen MR) is 82.6 cm³/mol. The van der Waals surface area contributed by atoms with Crippen LogP contribution < -0.4 is 10.6 Å². The van der Waals surface area contributed by atoms with Crippen LogP contribution in [0.1, 0.15) is 24.0 Å². The summed E-state index contributed by atoms with van der Waals surface area (Å²) in [5, 5.41) is 0. The molecule has 0 atom stereocenters. The molecule has 3 nitrogen and oxygen atoms in total. The van der Waals surface area contributed by atoms with E-state index in [4.69, 9.17) is 5.73 Å². The van der Waals surface area contributed by atoms with Crippen molar-refractivity contribution >= 4 is 5.69 Å². The van der Waals surface area contributed by atoms with Crippen molar-refractivity contribution in [2.24, 2.45) is 11.7 Å². The Hall–Kier alpha value is -1.06. The number of hydrogen-bond donors (Lipinski definition) is 1. The molecule has 1 heterocycles. The third kappa shape index (κ3) is 3.71. The van der Waals surface area contributed by atoms with Gasteiger partial charge in [0.25, 0.3) is 0 Å². The Kier molecular flexibility index (Phi) is 4.83. The first-order valence-corrected chi connectivity index (χ1v) is 7.29. The van der Waals surface area contributed by atoms with Gasteiger partial charge in [-0.05, 0) is 69.1 Å². The van der Waals surface area contributed by atoms with Gasteiger partial charge in [0.1, 0.15) is 0 Å². The minimum atomic E-state index is 0.630. The molecule has 1 aromatic rings. The molecule has 0 saturated carbocycles. The van der Waals surface area contributed by atoms with E-state index in [0.29, 0.717) is 6.54 Å². The quantitative estimate of drug-likeness (QED) is 0.902. The second-order valence-electron chi connectivity index (χ2n) is 5.94. The molecule has 0 spiro atoms. The number of piperidine rings is 1. The topological polar surface area (TPSA) is 32.5 Å². The second-order valence-corrected chi connectivity index (χ2v) is 5.94. The van der Waals surface area contributed by atoms with Crippen LogP contribution in [0.5, 0.6) is 0 Å². The van der Waals surface area contributed by atoms with Crippen LogP contribution in [0.25, 0.3) is 0 Å². The minimum Gasteiger partial charge on any atom is -0.374 e. The summed E-state index contributed by atoms with van der Waals surface area (Å²) in [5.74, 6) is 0.829. The maximum absolute atomic E-state index is 5.72. The summed E-state index contributed by atoms with van der Waals surface area (Å²) in [6.45, 7) is 6.42. The van der Waals surface area contributed by atoms with E-state index in [0.717, 1.165) is 12.5 Å². The monoisotopic (exact) mass is 261 g/mol. The fourth-order valence-electron chi connectivity index (χ4n) is 2.88. The highest BCUT2D eigenvalue weighted by Gasteiger charge is 2.18. The fraction of sp³-hybridized carbons (Fsp3) is 0.625. The van der Waals surface area contributed by atoms with E-state index >= 15 is 0 Å². The van der Waals surface area contributed by atoms with Gasteiger partial charge < -0.3 is 15.5 Å². The van der Waals surface area contributed by atoms with E-state index in [1.165, 1.54) is 42.7 Å². The largest absolute Gasteiger partial charge is 0.374 e. The summed E-state index contributed by atoms with van der Waals surface area (Å²) >= 11 is 0. The smallest absolute Gasteiger partial charge is 0.0366 e. The van der Waals surface area contributed by atoms with Crippen LogP contribution in [-0.4, -0.2) is 38.6 Å². The van der Waals surface area contributed by atoms with Crippen LogP contribution in [0.2, 0.25) is 0 Å². The molecule has 1 aliphatic heterocycles. The molecule has 2 rings (SSSR count). The highest BCUT2D eigenvalue weighted by atomic mass is 15.1. The SMILES string of the molecule is Cc1cc(N(C)CC2CCN(C)CC2)ccc1CN. The number of likely N-dealkylation sites (tertiary alicyclic amines) is 1. The van der Waals surface area contributed by atoms with Crippen molar-refractivity contribution in [3.8, 4) is 0 Å². The molecule has 1 aliphatic rings. The van der Waals surface area contributed by atoms with Gasteiger partial charge in [0, 0.05) is 25.8 Å². The Morgan fingerprint density at radius 2 is 2.00 bits per heavy atom. The number of rotatable bonds is 4. The van der Waals surface area contributed by atoms with Crippen molar-refractivity contribution in [3.63, 3.8) is 0 Å². The number of nitrogens with two attached hydrogens (primary N) is 1. The van der Waals surface area contributed by atoms with Gasteiger partial charge in [-0.2, -0.15) is 0 Å². The van der Waals surface area contributed by atoms with Crippen molar-refractivity contribution in [3.05, 3.63) is 29.3 Å². The molecule has 0 unspecified atom stereocenters. The average molecular weight is 261 g/mol. The first-order valence-electron chi connectivity index (χ1n) is 7.29. The van der Waals surface area contributed by atoms with Gasteiger partial charge in [-0.15, -0.1) is 0 Å². The lowest BCUT2D eigenvalue weighted by atomic mass is 9.96. The number of hydrogen-bond acceptors (Lipinski definition) is 3. The van der Waals surface area contributed by atoms with Crippen molar-refractivity contribution in [2.45, 2.75) is 26.3 Å². The molecular formula is C16H27N3. The minimum absolute atomic E-state index is 0.630. The Balaban J connectivity index is 1.96. The highest BCUT2D eigenvalue weighted by Crippen LogP contribution is 2.22. The van der Waals surface area contributed by atoms with Crippen LogP contribution >= 0.6 is 0 Å². The van der Waals surface area contributed by atoms with Crippen molar-refractivity contribution < 1.29 is 0 Å². The van der Waals surface area contributed by atoms with Gasteiger partial charge in [0.05, 0.1) is 0 Å². The van der Waals surface area contributed by atoms with Gasteiger partial charge >= 0.3 is 0 Å². The summed E-state index contributed by atoms with van der Waals surface area (Å²) in [4.78, 5) is 4.82. The molecule has 0 aliphatic carbocycles. The molecule has 19 heavy (non-hydrogen) atoms. The molecule has 1 aromatic carbocycles. The maximum Gasteiger partial charge on any atom is 0.0366 e. The zero-order valence-corrected chi connectivity index (χ0v) is 12.5. The fourth-order valence-corrected chi connectivity index (χ4v) is 2.88. The lowest BCUT2D eigenvalue weighted by Gasteiger charge is -2.32. The summed E-state index contributed by atoms with van der Waals surface area (Å²) < 4.78 is 0. The first kappa shape index (κ1) is 14.4. The van der Waals surface area contributed by atoms with E-state index in [9.17, 15) is 0 Å². The zero-order chi connectivity index (χ0) is 13.8. The molecule has 0 bridgehead atoms. The van der Waals surface area contributed by atoms with E-state index in [2.05, 4.69) is 49.0 Å². The molecule has 0 radical (unpaired) electrons. The summed E-state index contributed by atoms with van der Waals surface area (Å²) in [7, 11) is 4.42. The second kappa shape index (κ2) is 6.40. The molecule has 1 fully saturated rings. The van der Waals surface area contributed by atoms with Gasteiger partial charge in [-0.25, -0.2) is 0 Å². The first-order chi connectivity index (χ1) is 9.10. The van der Waals surface area contributed by atoms with E-state index in [1.54, 1.807) is 0 Å². The van der Waals surface area contributed by atoms with E-state index < -0.39 is 0 Å². The Bertz CT molecular complexity index is 408. The van der Waals surface area contributed by atoms with Gasteiger partial charge in [-0.3, -0.25) is 0 Å². The molecule has 106 valence electrons. The summed E-state index contributed by atoms with van der Waals surface area (Å²) in [5.41, 5.74) is 9.58. The van der Waals surface area contributed by atoms with Crippen molar-refractivity contribution in [2.75, 3.05) is 38.6 Å². The Morgan fingerprint density at radius 1 is 1.32 bits per heavy atom. The normalized spacial score (nSPS) is 17.7. The molecule has 0 aromatic heterocycles. The summed E-state index contributed by atoms with van der Waals surface area (Å²) in [6.07, 6.45) is 2.64. The van der Waals surface area contributed by atoms with Crippen LogP contribution in [0, 0.1) is 12.8 Å². The summed E-state index contributed by atoms with van der Waals surface area (Å²) in [6, 6.07) is 6.62. The number of aryl methyl sites for hydroxylation is 1. The molecule has 1 saturated heterocycles. The van der Waals surface area contributed by atoms with Crippen LogP contribution in [0.4, 0.5) is 5.69 Å². The third-order valence-electron chi connectivity index (χ3n) is 4.36. The molecule has 0 amide bonds. The van der Waals surface area contributed by atoms with Crippen LogP contribution in [0.3, 0.4) is 0 Å². The van der Waals surface area contributed by atoms with Gasteiger partial charge in [0.2, 0.25) is 0 Å². The van der Waals surface area contributed by atoms with Crippen molar-refractivity contribution in [1.82, 2.24) is 4.90 Å². The molecular weight excluding hydrogens is 234 g/mol.